The molecule has 0 aliphatic carbocycles. The Morgan fingerprint density at radius 2 is 2.42 bits per heavy atom. The number of rotatable bonds is 3. The number of carbonyl (C=O) groups is 1. The summed E-state index contributed by atoms with van der Waals surface area (Å²) in [5, 5.41) is 11.6. The molecule has 1 saturated heterocycles. The number of hydrogen-bond donors (Lipinski definition) is 2. The number of aliphatic hydroxyl groups excluding tert-OH is 1. The van der Waals surface area contributed by atoms with Crippen LogP contribution in [0.15, 0.2) is 18.2 Å². The number of methoxy groups -OCH3 is 1. The van der Waals surface area contributed by atoms with E-state index in [0.717, 1.165) is 6.42 Å². The van der Waals surface area contributed by atoms with Crippen molar-refractivity contribution in [3.8, 4) is 5.75 Å². The van der Waals surface area contributed by atoms with Crippen LogP contribution in [0.3, 0.4) is 0 Å². The Bertz CT molecular complexity index is 467. The molecule has 2 amide bonds. The normalized spacial score (nSPS) is 18.5. The number of hydrogen-bond acceptors (Lipinski definition) is 3. The zero-order valence-electron chi connectivity index (χ0n) is 10.7. The molecule has 0 spiro atoms. The van der Waals surface area contributed by atoms with Crippen molar-refractivity contribution in [2.24, 2.45) is 5.92 Å². The number of carbonyl (C=O) groups excluding carboxylic acids is 1. The fourth-order valence-corrected chi connectivity index (χ4v) is 2.09. The molecule has 1 aliphatic heterocycles. The molecule has 1 heterocycles. The van der Waals surface area contributed by atoms with Gasteiger partial charge in [-0.25, -0.2) is 9.18 Å². The largest absolute Gasteiger partial charge is 0.497 e. The van der Waals surface area contributed by atoms with Crippen LogP contribution in [0.1, 0.15) is 6.42 Å². The molecule has 1 atom stereocenters. The molecule has 0 aromatic heterocycles. The number of anilines is 1. The average Bonchev–Trinajstić information content (AvgIpc) is 2.90. The van der Waals surface area contributed by atoms with Gasteiger partial charge in [0.2, 0.25) is 0 Å². The summed E-state index contributed by atoms with van der Waals surface area (Å²) < 4.78 is 18.6. The van der Waals surface area contributed by atoms with Gasteiger partial charge in [-0.05, 0) is 18.6 Å². The van der Waals surface area contributed by atoms with Crippen LogP contribution in [-0.4, -0.2) is 42.8 Å². The highest BCUT2D eigenvalue weighted by atomic mass is 19.1. The van der Waals surface area contributed by atoms with Gasteiger partial charge >= 0.3 is 6.03 Å². The average molecular weight is 268 g/mol. The second-order valence-corrected chi connectivity index (χ2v) is 4.56. The summed E-state index contributed by atoms with van der Waals surface area (Å²) in [5.41, 5.74) is 0.0943. The third-order valence-corrected chi connectivity index (χ3v) is 3.25. The van der Waals surface area contributed by atoms with Gasteiger partial charge in [-0.15, -0.1) is 0 Å². The first kappa shape index (κ1) is 13.6. The topological polar surface area (TPSA) is 61.8 Å². The quantitative estimate of drug-likeness (QED) is 0.876. The number of amides is 2. The summed E-state index contributed by atoms with van der Waals surface area (Å²) in [6.45, 7) is 1.13. The molecule has 0 bridgehead atoms. The highest BCUT2D eigenvalue weighted by Gasteiger charge is 2.26. The minimum Gasteiger partial charge on any atom is -0.497 e. The van der Waals surface area contributed by atoms with E-state index in [1.165, 1.54) is 25.3 Å². The van der Waals surface area contributed by atoms with Crippen molar-refractivity contribution in [2.75, 3.05) is 32.1 Å². The summed E-state index contributed by atoms with van der Waals surface area (Å²) in [7, 11) is 1.48. The van der Waals surface area contributed by atoms with Crippen molar-refractivity contribution >= 4 is 11.7 Å². The van der Waals surface area contributed by atoms with Crippen LogP contribution in [0.5, 0.6) is 5.75 Å². The Balaban J connectivity index is 2.03. The fourth-order valence-electron chi connectivity index (χ4n) is 2.09. The Kier molecular flexibility index (Phi) is 4.21. The monoisotopic (exact) mass is 268 g/mol. The van der Waals surface area contributed by atoms with Crippen LogP contribution in [0.4, 0.5) is 14.9 Å². The van der Waals surface area contributed by atoms with E-state index < -0.39 is 5.82 Å². The van der Waals surface area contributed by atoms with Crippen molar-refractivity contribution in [3.63, 3.8) is 0 Å². The Labute approximate surface area is 111 Å². The molecular weight excluding hydrogens is 251 g/mol. The molecule has 1 aliphatic rings. The van der Waals surface area contributed by atoms with Crippen LogP contribution >= 0.6 is 0 Å². The zero-order chi connectivity index (χ0) is 13.8. The first-order chi connectivity index (χ1) is 9.13. The highest BCUT2D eigenvalue weighted by molar-refractivity contribution is 5.89. The number of nitrogens with one attached hydrogen (secondary N) is 1. The third kappa shape index (κ3) is 3.14. The van der Waals surface area contributed by atoms with Crippen LogP contribution < -0.4 is 10.1 Å². The first-order valence-electron chi connectivity index (χ1n) is 6.14. The van der Waals surface area contributed by atoms with Crippen molar-refractivity contribution < 1.29 is 19.0 Å². The fraction of sp³-hybridized carbons (Fsp3) is 0.462. The molecule has 1 unspecified atom stereocenters. The SMILES string of the molecule is COc1ccc(F)c(NC(=O)N2CCC(CO)C2)c1. The van der Waals surface area contributed by atoms with Crippen molar-refractivity contribution in [1.29, 1.82) is 0 Å². The molecule has 1 aromatic carbocycles. The van der Waals surface area contributed by atoms with Crippen LogP contribution in [0.25, 0.3) is 0 Å². The number of nitrogens with zero attached hydrogens (tertiary/aromatic N) is 1. The molecular formula is C13H17FN2O3. The summed E-state index contributed by atoms with van der Waals surface area (Å²) in [5.74, 6) is 0.0827. The number of ether oxygens (including phenoxy) is 1. The van der Waals surface area contributed by atoms with Crippen LogP contribution in [0, 0.1) is 11.7 Å². The van der Waals surface area contributed by atoms with Gasteiger partial charge in [0.05, 0.1) is 12.8 Å². The molecule has 5 nitrogen and oxygen atoms in total. The molecule has 6 heteroatoms. The maximum Gasteiger partial charge on any atom is 0.321 e. The lowest BCUT2D eigenvalue weighted by Crippen LogP contribution is -2.33. The van der Waals surface area contributed by atoms with E-state index in [1.54, 1.807) is 4.90 Å². The van der Waals surface area contributed by atoms with Crippen molar-refractivity contribution in [3.05, 3.63) is 24.0 Å². The summed E-state index contributed by atoms with van der Waals surface area (Å²) in [4.78, 5) is 13.5. The summed E-state index contributed by atoms with van der Waals surface area (Å²) in [6, 6.07) is 3.81. The van der Waals surface area contributed by atoms with Crippen LogP contribution in [0.2, 0.25) is 0 Å². The van der Waals surface area contributed by atoms with E-state index in [1.807, 2.05) is 0 Å². The smallest absolute Gasteiger partial charge is 0.321 e. The summed E-state index contributed by atoms with van der Waals surface area (Å²) >= 11 is 0. The van der Waals surface area contributed by atoms with Gasteiger partial charge in [-0.2, -0.15) is 0 Å². The lowest BCUT2D eigenvalue weighted by Gasteiger charge is -2.17. The second-order valence-electron chi connectivity index (χ2n) is 4.56. The zero-order valence-corrected chi connectivity index (χ0v) is 10.7. The predicted molar refractivity (Wildman–Crippen MR) is 68.7 cm³/mol. The number of halogens is 1. The highest BCUT2D eigenvalue weighted by Crippen LogP contribution is 2.22. The maximum absolute atomic E-state index is 13.6. The molecule has 104 valence electrons. The maximum atomic E-state index is 13.6. The molecule has 1 aromatic rings. The molecule has 19 heavy (non-hydrogen) atoms. The number of urea groups is 1. The van der Waals surface area contributed by atoms with Gasteiger partial charge in [0.25, 0.3) is 0 Å². The molecule has 0 saturated carbocycles. The number of likely N-dealkylation sites (tertiary alicyclic amines) is 1. The van der Waals surface area contributed by atoms with E-state index in [-0.39, 0.29) is 24.2 Å². The van der Waals surface area contributed by atoms with Gasteiger partial charge in [0.1, 0.15) is 11.6 Å². The Morgan fingerprint density at radius 3 is 3.05 bits per heavy atom. The summed E-state index contributed by atoms with van der Waals surface area (Å²) in [6.07, 6.45) is 0.768. The van der Waals surface area contributed by atoms with Gasteiger partial charge in [0, 0.05) is 31.7 Å². The standard InChI is InChI=1S/C13H17FN2O3/c1-19-10-2-3-11(14)12(6-10)15-13(18)16-5-4-9(7-16)8-17/h2-3,6,9,17H,4-5,7-8H2,1H3,(H,15,18). The van der Waals surface area contributed by atoms with E-state index in [2.05, 4.69) is 5.32 Å². The number of aliphatic hydroxyl groups is 1. The second kappa shape index (κ2) is 5.88. The van der Waals surface area contributed by atoms with Gasteiger partial charge < -0.3 is 20.1 Å². The molecule has 0 radical (unpaired) electrons. The lowest BCUT2D eigenvalue weighted by molar-refractivity contribution is 0.208. The molecule has 2 rings (SSSR count). The van der Waals surface area contributed by atoms with Crippen molar-refractivity contribution in [2.45, 2.75) is 6.42 Å². The third-order valence-electron chi connectivity index (χ3n) is 3.25. The molecule has 1 fully saturated rings. The first-order valence-corrected chi connectivity index (χ1v) is 6.14. The van der Waals surface area contributed by atoms with Gasteiger partial charge in [-0.3, -0.25) is 0 Å². The minimum absolute atomic E-state index is 0.0668. The van der Waals surface area contributed by atoms with E-state index >= 15 is 0 Å². The van der Waals surface area contributed by atoms with E-state index in [0.29, 0.717) is 18.8 Å². The van der Waals surface area contributed by atoms with Crippen LogP contribution in [-0.2, 0) is 0 Å². The minimum atomic E-state index is -0.507. The van der Waals surface area contributed by atoms with E-state index in [9.17, 15) is 9.18 Å². The van der Waals surface area contributed by atoms with Gasteiger partial charge in [-0.1, -0.05) is 0 Å². The van der Waals surface area contributed by atoms with Crippen molar-refractivity contribution in [1.82, 2.24) is 4.90 Å². The Hall–Kier alpha value is -1.82. The predicted octanol–water partition coefficient (Wildman–Crippen LogP) is 1.68. The van der Waals surface area contributed by atoms with Gasteiger partial charge in [0.15, 0.2) is 0 Å². The number of benzene rings is 1. The van der Waals surface area contributed by atoms with E-state index in [4.69, 9.17) is 9.84 Å². The Morgan fingerprint density at radius 1 is 1.63 bits per heavy atom. The lowest BCUT2D eigenvalue weighted by atomic mass is 10.1. The molecule has 2 N–H and O–H groups in total.